The van der Waals surface area contributed by atoms with Crippen molar-refractivity contribution in [1.29, 1.82) is 0 Å². The molecule has 7 rings (SSSR count). The lowest BCUT2D eigenvalue weighted by molar-refractivity contribution is -0.144. The van der Waals surface area contributed by atoms with E-state index in [0.717, 1.165) is 66.3 Å². The first-order chi connectivity index (χ1) is 29.2. The van der Waals surface area contributed by atoms with Gasteiger partial charge in [-0.05, 0) is 79.9 Å². The minimum Gasteiger partial charge on any atom is -0.507 e. The fourth-order valence-corrected chi connectivity index (χ4v) is 9.11. The number of aromatic hydroxyl groups is 1. The van der Waals surface area contributed by atoms with E-state index in [-0.39, 0.29) is 55.2 Å². The molecule has 322 valence electrons. The second kappa shape index (κ2) is 18.9. The molecular weight excluding hydrogens is 793 g/mol. The van der Waals surface area contributed by atoms with E-state index in [1.165, 1.54) is 4.90 Å². The lowest BCUT2D eigenvalue weighted by atomic mass is 9.85. The molecule has 0 bridgehead atoms. The zero-order valence-corrected chi connectivity index (χ0v) is 36.1. The number of nitrogen functional groups attached to an aromatic ring is 1. The second-order valence-electron chi connectivity index (χ2n) is 17.4. The van der Waals surface area contributed by atoms with Crippen molar-refractivity contribution in [2.45, 2.75) is 91.1 Å². The number of thiazole rings is 1. The van der Waals surface area contributed by atoms with Crippen LogP contribution in [0.2, 0.25) is 0 Å². The third-order valence-corrected chi connectivity index (χ3v) is 12.6. The van der Waals surface area contributed by atoms with Gasteiger partial charge in [0.05, 0.1) is 34.1 Å². The number of nitrogens with one attached hydrogen (secondary N) is 2. The number of β-amino-alcohol motifs (C(OH)–C–C–N with tert-alkyl or cyclic N) is 1. The van der Waals surface area contributed by atoms with Gasteiger partial charge in [0, 0.05) is 61.9 Å². The molecule has 2 saturated heterocycles. The number of phenols is 1. The summed E-state index contributed by atoms with van der Waals surface area (Å²) < 4.78 is 1.93. The molecule has 3 amide bonds. The number of aryl methyl sites for hydroxylation is 1. The normalized spacial score (nSPS) is 18.8. The number of aliphatic hydroxyl groups excluding tert-OH is 1. The molecule has 61 heavy (non-hydrogen) atoms. The predicted octanol–water partition coefficient (Wildman–Crippen LogP) is 5.03. The van der Waals surface area contributed by atoms with E-state index in [1.807, 2.05) is 80.5 Å². The van der Waals surface area contributed by atoms with Crippen molar-refractivity contribution >= 4 is 34.9 Å². The Labute approximate surface area is 360 Å². The maximum atomic E-state index is 14.1. The molecule has 15 nitrogen and oxygen atoms in total. The summed E-state index contributed by atoms with van der Waals surface area (Å²) in [5.74, 6) is -0.177. The number of benzene rings is 2. The van der Waals surface area contributed by atoms with E-state index in [1.54, 1.807) is 35.7 Å². The quantitative estimate of drug-likeness (QED) is 0.100. The van der Waals surface area contributed by atoms with E-state index >= 15 is 0 Å². The number of amides is 3. The maximum Gasteiger partial charge on any atom is 0.246 e. The summed E-state index contributed by atoms with van der Waals surface area (Å²) in [6.07, 6.45) is 5.98. The van der Waals surface area contributed by atoms with Crippen LogP contribution in [0.4, 0.5) is 5.82 Å². The number of carbonyl (C=O) groups is 3. The molecule has 2 aliphatic heterocycles. The summed E-state index contributed by atoms with van der Waals surface area (Å²) in [5.41, 5.74) is 12.9. The topological polar surface area (TPSA) is 205 Å². The van der Waals surface area contributed by atoms with Crippen LogP contribution in [0.1, 0.15) is 64.1 Å². The summed E-state index contributed by atoms with van der Waals surface area (Å²) in [5, 5.41) is 39.9. The van der Waals surface area contributed by atoms with E-state index in [2.05, 4.69) is 35.8 Å². The molecule has 4 atom stereocenters. The van der Waals surface area contributed by atoms with Crippen molar-refractivity contribution in [2.24, 2.45) is 11.3 Å². The maximum absolute atomic E-state index is 14.1. The van der Waals surface area contributed by atoms with Crippen molar-refractivity contribution in [3.63, 3.8) is 0 Å². The number of rotatable bonds is 14. The van der Waals surface area contributed by atoms with Crippen molar-refractivity contribution in [2.75, 3.05) is 31.9 Å². The second-order valence-corrected chi connectivity index (χ2v) is 18.2. The zero-order valence-electron chi connectivity index (χ0n) is 35.3. The molecule has 5 heterocycles. The third kappa shape index (κ3) is 10.6. The predicted molar refractivity (Wildman–Crippen MR) is 235 cm³/mol. The van der Waals surface area contributed by atoms with Gasteiger partial charge in [-0.2, -0.15) is 5.10 Å². The van der Waals surface area contributed by atoms with Crippen LogP contribution in [-0.4, -0.2) is 107 Å². The number of nitrogens with zero attached hydrogens (tertiary/aromatic N) is 7. The highest BCUT2D eigenvalue weighted by atomic mass is 32.1. The van der Waals surface area contributed by atoms with E-state index in [0.29, 0.717) is 29.2 Å². The Hall–Kier alpha value is -5.71. The van der Waals surface area contributed by atoms with Gasteiger partial charge in [-0.25, -0.2) is 4.98 Å². The van der Waals surface area contributed by atoms with Gasteiger partial charge in [-0.15, -0.1) is 21.5 Å². The Morgan fingerprint density at radius 2 is 1.82 bits per heavy atom. The highest BCUT2D eigenvalue weighted by Gasteiger charge is 2.44. The SMILES string of the molecule is Cc1ncsc1-c1ccc(CNC(=O)[C@@H]2C[C@@H](O)CN2C(=O)[C@@H](NC(=O)CCCN2CCC[C@H](Cn3cc(-c4cc(-c5ccccc5O)nnc4N)cn3)C2)C(C)(C)C)cc1. The number of para-hydroxylation sites is 1. The van der Waals surface area contributed by atoms with Crippen LogP contribution in [0.3, 0.4) is 0 Å². The third-order valence-electron chi connectivity index (χ3n) is 11.6. The van der Waals surface area contributed by atoms with Crippen LogP contribution in [0, 0.1) is 18.3 Å². The number of likely N-dealkylation sites (tertiary alicyclic amines) is 2. The minimum atomic E-state index is -0.878. The van der Waals surface area contributed by atoms with Gasteiger partial charge >= 0.3 is 0 Å². The minimum absolute atomic E-state index is 0.0216. The monoisotopic (exact) mass is 848 g/mol. The number of aliphatic hydroxyl groups is 1. The average Bonchev–Trinajstić information content (AvgIpc) is 3.99. The van der Waals surface area contributed by atoms with Gasteiger partial charge in [0.1, 0.15) is 17.8 Å². The summed E-state index contributed by atoms with van der Waals surface area (Å²) in [7, 11) is 0. The molecule has 16 heteroatoms. The summed E-state index contributed by atoms with van der Waals surface area (Å²) in [6.45, 7) is 11.2. The van der Waals surface area contributed by atoms with Gasteiger partial charge in [-0.3, -0.25) is 19.1 Å². The standard InChI is InChI=1S/C45H56N10O5S/c1-28-40(61-27-48-28)31-15-13-29(14-16-31)21-47-43(59)37-19-33(56)26-55(37)44(60)41(45(2,3)4)50-39(58)12-8-18-53-17-7-9-30(23-53)24-54-25-32(22-49-54)35-20-36(51-52-42(35)46)34-10-5-6-11-38(34)57/h5-6,10-11,13-16,20,22,25,27,30,33,37,41,56-57H,7-9,12,17-19,21,23-24,26H2,1-4H3,(H2,46,52)(H,47,59)(H,50,58)/t30-,33+,37-,41+/m0/s1. The van der Waals surface area contributed by atoms with Gasteiger partial charge in [-0.1, -0.05) is 57.2 Å². The molecule has 0 spiro atoms. The van der Waals surface area contributed by atoms with Crippen LogP contribution in [0.25, 0.3) is 32.8 Å². The van der Waals surface area contributed by atoms with Crippen molar-refractivity contribution in [3.8, 4) is 38.6 Å². The highest BCUT2D eigenvalue weighted by Crippen LogP contribution is 2.33. The van der Waals surface area contributed by atoms with Gasteiger partial charge < -0.3 is 36.4 Å². The van der Waals surface area contributed by atoms with Gasteiger partial charge in [0.15, 0.2) is 5.82 Å². The van der Waals surface area contributed by atoms with Crippen LogP contribution in [0.15, 0.2) is 72.5 Å². The van der Waals surface area contributed by atoms with Crippen LogP contribution < -0.4 is 16.4 Å². The Kier molecular flexibility index (Phi) is 13.4. The van der Waals surface area contributed by atoms with Crippen molar-refractivity contribution in [1.82, 2.24) is 45.4 Å². The first kappa shape index (κ1) is 43.4. The van der Waals surface area contributed by atoms with E-state index in [4.69, 9.17) is 5.73 Å². The number of phenolic OH excluding ortho intramolecular Hbond substituents is 1. The number of anilines is 1. The van der Waals surface area contributed by atoms with E-state index < -0.39 is 23.6 Å². The molecule has 2 fully saturated rings. The molecule has 0 radical (unpaired) electrons. The summed E-state index contributed by atoms with van der Waals surface area (Å²) >= 11 is 1.58. The Morgan fingerprint density at radius 3 is 2.56 bits per heavy atom. The number of aromatic nitrogens is 5. The largest absolute Gasteiger partial charge is 0.507 e. The van der Waals surface area contributed by atoms with Crippen LogP contribution >= 0.6 is 11.3 Å². The van der Waals surface area contributed by atoms with E-state index in [9.17, 15) is 24.6 Å². The number of hydrogen-bond acceptors (Lipinski definition) is 12. The number of nitrogens with two attached hydrogens (primary N) is 1. The zero-order chi connectivity index (χ0) is 43.3. The number of piperidine rings is 1. The molecule has 3 aromatic heterocycles. The molecule has 6 N–H and O–H groups in total. The summed E-state index contributed by atoms with van der Waals surface area (Å²) in [4.78, 5) is 50.3. The van der Waals surface area contributed by atoms with Crippen molar-refractivity contribution < 1.29 is 24.6 Å². The highest BCUT2D eigenvalue weighted by molar-refractivity contribution is 7.13. The first-order valence-corrected chi connectivity index (χ1v) is 21.8. The molecule has 0 unspecified atom stereocenters. The van der Waals surface area contributed by atoms with Crippen LogP contribution in [-0.2, 0) is 27.5 Å². The summed E-state index contributed by atoms with van der Waals surface area (Å²) in [6, 6.07) is 15.0. The van der Waals surface area contributed by atoms with Gasteiger partial charge in [0.2, 0.25) is 17.7 Å². The first-order valence-electron chi connectivity index (χ1n) is 20.9. The van der Waals surface area contributed by atoms with Crippen molar-refractivity contribution in [3.05, 3.63) is 83.8 Å². The lowest BCUT2D eigenvalue weighted by Crippen LogP contribution is -2.57. The number of carbonyl (C=O) groups excluding carboxylic acids is 3. The fraction of sp³-hybridized carbons (Fsp3) is 0.444. The molecular formula is C45H56N10O5S. The lowest BCUT2D eigenvalue weighted by Gasteiger charge is -2.35. The Bertz CT molecular complexity index is 2320. The molecule has 5 aromatic rings. The molecule has 0 saturated carbocycles. The Morgan fingerprint density at radius 1 is 1.03 bits per heavy atom. The van der Waals surface area contributed by atoms with Crippen LogP contribution in [0.5, 0.6) is 5.75 Å². The number of hydrogen-bond donors (Lipinski definition) is 5. The molecule has 0 aliphatic carbocycles. The average molecular weight is 849 g/mol. The van der Waals surface area contributed by atoms with Gasteiger partial charge in [0.25, 0.3) is 0 Å². The fourth-order valence-electron chi connectivity index (χ4n) is 8.30. The molecule has 2 aliphatic rings. The smallest absolute Gasteiger partial charge is 0.246 e. The molecule has 2 aromatic carbocycles. The Balaban J connectivity index is 0.889.